The molecule has 0 bridgehead atoms. The van der Waals surface area contributed by atoms with Crippen molar-refractivity contribution in [2.45, 2.75) is 0 Å². The topological polar surface area (TPSA) is 106 Å². The summed E-state index contributed by atoms with van der Waals surface area (Å²) in [6.45, 7) is 0.374. The second kappa shape index (κ2) is 3.42. The van der Waals surface area contributed by atoms with Crippen LogP contribution in [-0.2, 0) is 14.4 Å². The van der Waals surface area contributed by atoms with E-state index in [0.29, 0.717) is 6.41 Å². The molecule has 72 valence electrons. The number of amides is 3. The molecule has 13 heavy (non-hydrogen) atoms. The fraction of sp³-hybridized carbons (Fsp3) is 0.571. The van der Waals surface area contributed by atoms with Crippen LogP contribution >= 0.6 is 0 Å². The molecule has 1 fully saturated rings. The quantitative estimate of drug-likeness (QED) is 0.481. The summed E-state index contributed by atoms with van der Waals surface area (Å²) in [5.41, 5.74) is 10.1. The molecule has 1 aliphatic rings. The van der Waals surface area contributed by atoms with Crippen molar-refractivity contribution in [3.63, 3.8) is 0 Å². The van der Waals surface area contributed by atoms with Crippen LogP contribution in [-0.4, -0.2) is 36.2 Å². The molecule has 0 aromatic carbocycles. The fourth-order valence-corrected chi connectivity index (χ4v) is 1.50. The van der Waals surface area contributed by atoms with Gasteiger partial charge >= 0.3 is 0 Å². The number of hydrogen-bond donors (Lipinski definition) is 2. The smallest absolute Gasteiger partial charge is 0.223 e. The van der Waals surface area contributed by atoms with E-state index in [0.717, 1.165) is 0 Å². The average Bonchev–Trinajstić information content (AvgIpc) is 2.47. The molecule has 2 atom stereocenters. The summed E-state index contributed by atoms with van der Waals surface area (Å²) in [7, 11) is 0. The minimum atomic E-state index is -0.636. The number of carbonyl (C=O) groups excluding carboxylic acids is 3. The summed E-state index contributed by atoms with van der Waals surface area (Å²) in [4.78, 5) is 33.4. The van der Waals surface area contributed by atoms with Crippen molar-refractivity contribution >= 4 is 18.2 Å². The van der Waals surface area contributed by atoms with Crippen LogP contribution in [0.25, 0.3) is 0 Å². The van der Waals surface area contributed by atoms with Crippen LogP contribution in [0, 0.1) is 11.8 Å². The zero-order chi connectivity index (χ0) is 10.0. The van der Waals surface area contributed by atoms with Crippen LogP contribution in [0.4, 0.5) is 0 Å². The minimum Gasteiger partial charge on any atom is -0.369 e. The highest BCUT2D eigenvalue weighted by atomic mass is 16.2. The minimum absolute atomic E-state index is 0.187. The van der Waals surface area contributed by atoms with Gasteiger partial charge in [-0.3, -0.25) is 14.4 Å². The van der Waals surface area contributed by atoms with E-state index in [2.05, 4.69) is 0 Å². The van der Waals surface area contributed by atoms with Gasteiger partial charge in [-0.05, 0) is 0 Å². The highest BCUT2D eigenvalue weighted by molar-refractivity contribution is 5.87. The number of nitrogens with two attached hydrogens (primary N) is 2. The Hall–Kier alpha value is -1.59. The van der Waals surface area contributed by atoms with Crippen LogP contribution in [0.3, 0.4) is 0 Å². The maximum absolute atomic E-state index is 10.8. The molecule has 3 amide bonds. The maximum atomic E-state index is 10.8. The zero-order valence-electron chi connectivity index (χ0n) is 6.97. The summed E-state index contributed by atoms with van der Waals surface area (Å²) in [6, 6.07) is 0. The molecule has 1 saturated heterocycles. The molecule has 6 nitrogen and oxygen atoms in total. The van der Waals surface area contributed by atoms with Crippen LogP contribution in [0.2, 0.25) is 0 Å². The van der Waals surface area contributed by atoms with Gasteiger partial charge in [0.25, 0.3) is 0 Å². The molecule has 0 spiro atoms. The molecule has 6 heteroatoms. The third-order valence-corrected chi connectivity index (χ3v) is 2.23. The van der Waals surface area contributed by atoms with Crippen molar-refractivity contribution in [1.29, 1.82) is 0 Å². The van der Waals surface area contributed by atoms with Crippen molar-refractivity contribution in [3.05, 3.63) is 0 Å². The summed E-state index contributed by atoms with van der Waals surface area (Å²) < 4.78 is 0. The van der Waals surface area contributed by atoms with E-state index in [1.54, 1.807) is 0 Å². The third kappa shape index (κ3) is 1.77. The fourth-order valence-electron chi connectivity index (χ4n) is 1.50. The monoisotopic (exact) mass is 185 g/mol. The van der Waals surface area contributed by atoms with Gasteiger partial charge < -0.3 is 16.4 Å². The summed E-state index contributed by atoms with van der Waals surface area (Å²) >= 11 is 0. The number of hydrogen-bond acceptors (Lipinski definition) is 3. The normalized spacial score (nSPS) is 27.2. The van der Waals surface area contributed by atoms with E-state index in [1.165, 1.54) is 4.90 Å². The standard InChI is InChI=1S/C7H11N3O3/c8-6(12)4-1-10(3-11)2-5(4)7(9)13/h3-5H,1-2H2,(H2,8,12)(H2,9,13). The predicted molar refractivity (Wildman–Crippen MR) is 43.0 cm³/mol. The molecule has 4 N–H and O–H groups in total. The first kappa shape index (κ1) is 9.50. The van der Waals surface area contributed by atoms with Gasteiger partial charge in [0.1, 0.15) is 0 Å². The highest BCUT2D eigenvalue weighted by Gasteiger charge is 2.39. The Morgan fingerprint density at radius 1 is 1.15 bits per heavy atom. The Morgan fingerprint density at radius 2 is 1.54 bits per heavy atom. The third-order valence-electron chi connectivity index (χ3n) is 2.23. The van der Waals surface area contributed by atoms with Crippen molar-refractivity contribution < 1.29 is 14.4 Å². The van der Waals surface area contributed by atoms with Gasteiger partial charge in [-0.25, -0.2) is 0 Å². The highest BCUT2D eigenvalue weighted by Crippen LogP contribution is 2.21. The molecule has 0 saturated carbocycles. The van der Waals surface area contributed by atoms with E-state index in [1.807, 2.05) is 0 Å². The summed E-state index contributed by atoms with van der Waals surface area (Å²) in [5, 5.41) is 0. The molecular weight excluding hydrogens is 174 g/mol. The van der Waals surface area contributed by atoms with Gasteiger partial charge in [0.15, 0.2) is 0 Å². The predicted octanol–water partition coefficient (Wildman–Crippen LogP) is -2.34. The molecule has 0 aromatic rings. The first-order valence-electron chi connectivity index (χ1n) is 3.84. The number of nitrogens with zero attached hydrogens (tertiary/aromatic N) is 1. The first-order valence-corrected chi connectivity index (χ1v) is 3.84. The van der Waals surface area contributed by atoms with E-state index in [-0.39, 0.29) is 13.1 Å². The Balaban J connectivity index is 2.76. The van der Waals surface area contributed by atoms with Gasteiger partial charge in [-0.1, -0.05) is 0 Å². The SMILES string of the molecule is NC(=O)C1CN(C=O)CC1C(N)=O. The molecule has 1 heterocycles. The molecule has 0 aliphatic carbocycles. The van der Waals surface area contributed by atoms with Crippen molar-refractivity contribution in [1.82, 2.24) is 4.90 Å². The van der Waals surface area contributed by atoms with Crippen molar-refractivity contribution in [3.8, 4) is 0 Å². The van der Waals surface area contributed by atoms with Gasteiger partial charge in [-0.2, -0.15) is 0 Å². The van der Waals surface area contributed by atoms with Crippen LogP contribution in [0.15, 0.2) is 0 Å². The molecule has 0 radical (unpaired) electrons. The Kier molecular flexibility index (Phi) is 2.50. The van der Waals surface area contributed by atoms with E-state index in [4.69, 9.17) is 11.5 Å². The van der Waals surface area contributed by atoms with Gasteiger partial charge in [0.05, 0.1) is 11.8 Å². The lowest BCUT2D eigenvalue weighted by Crippen LogP contribution is -2.36. The average molecular weight is 185 g/mol. The molecule has 1 rings (SSSR count). The summed E-state index contributed by atoms with van der Waals surface area (Å²) in [6.07, 6.45) is 0.582. The van der Waals surface area contributed by atoms with Crippen molar-refractivity contribution in [2.75, 3.05) is 13.1 Å². The lowest BCUT2D eigenvalue weighted by atomic mass is 9.95. The number of carbonyl (C=O) groups is 3. The Morgan fingerprint density at radius 3 is 1.77 bits per heavy atom. The lowest BCUT2D eigenvalue weighted by molar-refractivity contribution is -0.129. The second-order valence-corrected chi connectivity index (χ2v) is 3.08. The molecular formula is C7H11N3O3. The largest absolute Gasteiger partial charge is 0.369 e. The number of primary amides is 2. The number of rotatable bonds is 3. The second-order valence-electron chi connectivity index (χ2n) is 3.08. The van der Waals surface area contributed by atoms with E-state index < -0.39 is 23.7 Å². The number of likely N-dealkylation sites (tertiary alicyclic amines) is 1. The summed E-state index contributed by atoms with van der Waals surface area (Å²) in [5.74, 6) is -2.45. The van der Waals surface area contributed by atoms with Gasteiger partial charge in [0.2, 0.25) is 18.2 Å². The lowest BCUT2D eigenvalue weighted by Gasteiger charge is -2.09. The van der Waals surface area contributed by atoms with Crippen LogP contribution < -0.4 is 11.5 Å². The van der Waals surface area contributed by atoms with Gasteiger partial charge in [-0.15, -0.1) is 0 Å². The molecule has 0 aromatic heterocycles. The van der Waals surface area contributed by atoms with E-state index >= 15 is 0 Å². The first-order chi connectivity index (χ1) is 6.06. The Bertz CT molecular complexity index is 231. The maximum Gasteiger partial charge on any atom is 0.223 e. The zero-order valence-corrected chi connectivity index (χ0v) is 6.97. The molecule has 2 unspecified atom stereocenters. The van der Waals surface area contributed by atoms with Gasteiger partial charge in [0, 0.05) is 13.1 Å². The van der Waals surface area contributed by atoms with E-state index in [9.17, 15) is 14.4 Å². The molecule has 1 aliphatic heterocycles. The van der Waals surface area contributed by atoms with Crippen LogP contribution in [0.5, 0.6) is 0 Å². The van der Waals surface area contributed by atoms with Crippen molar-refractivity contribution in [2.24, 2.45) is 23.3 Å². The van der Waals surface area contributed by atoms with Crippen LogP contribution in [0.1, 0.15) is 0 Å². The Labute approximate surface area is 74.8 Å².